The van der Waals surface area contributed by atoms with Gasteiger partial charge in [0.25, 0.3) is 5.91 Å². The van der Waals surface area contributed by atoms with Crippen LogP contribution in [0.4, 0.5) is 11.4 Å². The highest BCUT2D eigenvalue weighted by Gasteiger charge is 2.25. The summed E-state index contributed by atoms with van der Waals surface area (Å²) in [5.41, 5.74) is 6.24. The molecular formula is C25H26N2O3S. The van der Waals surface area contributed by atoms with Gasteiger partial charge in [0.05, 0.1) is 18.5 Å². The fourth-order valence-corrected chi connectivity index (χ4v) is 4.99. The summed E-state index contributed by atoms with van der Waals surface area (Å²) >= 11 is 0. The highest BCUT2D eigenvalue weighted by atomic mass is 32.2. The van der Waals surface area contributed by atoms with Crippen LogP contribution in [0.25, 0.3) is 0 Å². The Morgan fingerprint density at radius 1 is 0.968 bits per heavy atom. The second-order valence-corrected chi connectivity index (χ2v) is 10.1. The molecule has 0 fully saturated rings. The quantitative estimate of drug-likeness (QED) is 0.595. The maximum Gasteiger partial charge on any atom is 0.258 e. The molecule has 3 aromatic rings. The fourth-order valence-electron chi connectivity index (χ4n) is 4.12. The Morgan fingerprint density at radius 2 is 1.61 bits per heavy atom. The van der Waals surface area contributed by atoms with Gasteiger partial charge in [0, 0.05) is 17.8 Å². The Bertz CT molecular complexity index is 1210. The van der Waals surface area contributed by atoms with Crippen LogP contribution in [0.2, 0.25) is 0 Å². The van der Waals surface area contributed by atoms with Gasteiger partial charge in [-0.25, -0.2) is 8.42 Å². The van der Waals surface area contributed by atoms with E-state index in [2.05, 4.69) is 6.07 Å². The molecule has 4 rings (SSSR count). The van der Waals surface area contributed by atoms with Gasteiger partial charge in [-0.05, 0) is 72.9 Å². The zero-order valence-electron chi connectivity index (χ0n) is 18.0. The number of aryl methyl sites for hydroxylation is 2. The molecule has 0 bridgehead atoms. The summed E-state index contributed by atoms with van der Waals surface area (Å²) in [6.07, 6.45) is 2.08. The molecule has 31 heavy (non-hydrogen) atoms. The van der Waals surface area contributed by atoms with Crippen LogP contribution in [-0.4, -0.2) is 27.1 Å². The third-order valence-corrected chi connectivity index (χ3v) is 6.69. The van der Waals surface area contributed by atoms with Gasteiger partial charge in [-0.15, -0.1) is 0 Å². The molecule has 6 heteroatoms. The third kappa shape index (κ3) is 4.49. The van der Waals surface area contributed by atoms with Gasteiger partial charge in [0.2, 0.25) is 10.0 Å². The van der Waals surface area contributed by atoms with Gasteiger partial charge in [0.1, 0.15) is 0 Å². The Balaban J connectivity index is 1.57. The van der Waals surface area contributed by atoms with E-state index in [1.165, 1.54) is 16.1 Å². The lowest BCUT2D eigenvalue weighted by Crippen LogP contribution is -2.30. The molecule has 0 aromatic heterocycles. The van der Waals surface area contributed by atoms with Crippen molar-refractivity contribution in [2.75, 3.05) is 22.0 Å². The summed E-state index contributed by atoms with van der Waals surface area (Å²) in [5, 5.41) is 0. The number of hydrogen-bond acceptors (Lipinski definition) is 3. The van der Waals surface area contributed by atoms with E-state index in [1.807, 2.05) is 67.3 Å². The lowest BCUT2D eigenvalue weighted by Gasteiger charge is -2.24. The van der Waals surface area contributed by atoms with E-state index in [0.717, 1.165) is 28.8 Å². The predicted octanol–water partition coefficient (Wildman–Crippen LogP) is 4.47. The lowest BCUT2D eigenvalue weighted by molar-refractivity contribution is 0.0989. The van der Waals surface area contributed by atoms with Gasteiger partial charge < -0.3 is 4.90 Å². The van der Waals surface area contributed by atoms with E-state index in [4.69, 9.17) is 0 Å². The van der Waals surface area contributed by atoms with Crippen LogP contribution in [-0.2, 0) is 23.0 Å². The smallest absolute Gasteiger partial charge is 0.258 e. The summed E-state index contributed by atoms with van der Waals surface area (Å²) in [5.74, 6) is -0.0363. The first-order valence-electron chi connectivity index (χ1n) is 10.3. The monoisotopic (exact) mass is 434 g/mol. The van der Waals surface area contributed by atoms with Crippen molar-refractivity contribution in [3.63, 3.8) is 0 Å². The highest BCUT2D eigenvalue weighted by Crippen LogP contribution is 2.29. The minimum Gasteiger partial charge on any atom is -0.308 e. The minimum atomic E-state index is -3.46. The normalized spacial score (nSPS) is 13.2. The number of nitrogens with zero attached hydrogens (tertiary/aromatic N) is 2. The zero-order chi connectivity index (χ0) is 22.2. The van der Waals surface area contributed by atoms with E-state index in [1.54, 1.807) is 12.1 Å². The number of para-hydroxylation sites is 1. The molecule has 1 aliphatic rings. The van der Waals surface area contributed by atoms with Crippen LogP contribution < -0.4 is 9.21 Å². The van der Waals surface area contributed by atoms with Crippen LogP contribution in [0.5, 0.6) is 0 Å². The predicted molar refractivity (Wildman–Crippen MR) is 125 cm³/mol. The standard InChI is InChI=1S/C25H26N2O3S/c1-18-14-19(2)16-23(15-18)27(31(3,29)30)17-20-8-10-22(11-9-20)25(28)26-13-12-21-6-4-5-7-24(21)26/h4-11,14-16H,12-13,17H2,1-3H3. The average molecular weight is 435 g/mol. The molecule has 1 aliphatic heterocycles. The van der Waals surface area contributed by atoms with Crippen molar-refractivity contribution < 1.29 is 13.2 Å². The van der Waals surface area contributed by atoms with Gasteiger partial charge in [-0.3, -0.25) is 9.10 Å². The van der Waals surface area contributed by atoms with E-state index >= 15 is 0 Å². The first-order chi connectivity index (χ1) is 14.7. The maximum atomic E-state index is 13.0. The summed E-state index contributed by atoms with van der Waals surface area (Å²) < 4.78 is 26.4. The second kappa shape index (κ2) is 8.19. The number of anilines is 2. The first kappa shape index (κ1) is 21.1. The van der Waals surface area contributed by atoms with Crippen LogP contribution in [0, 0.1) is 13.8 Å². The van der Waals surface area contributed by atoms with Crippen molar-refractivity contribution in [3.05, 3.63) is 94.5 Å². The van der Waals surface area contributed by atoms with Gasteiger partial charge >= 0.3 is 0 Å². The van der Waals surface area contributed by atoms with Crippen LogP contribution in [0.3, 0.4) is 0 Å². The number of sulfonamides is 1. The molecule has 0 atom stereocenters. The lowest BCUT2D eigenvalue weighted by atomic mass is 10.1. The molecule has 0 spiro atoms. The van der Waals surface area contributed by atoms with E-state index < -0.39 is 10.0 Å². The second-order valence-electron chi connectivity index (χ2n) is 8.15. The Hall–Kier alpha value is -3.12. The molecule has 0 saturated carbocycles. The molecule has 3 aromatic carbocycles. The van der Waals surface area contributed by atoms with Crippen molar-refractivity contribution >= 4 is 27.3 Å². The first-order valence-corrected chi connectivity index (χ1v) is 12.1. The van der Waals surface area contributed by atoms with Crippen molar-refractivity contribution in [2.45, 2.75) is 26.8 Å². The Labute approximate surface area is 184 Å². The summed E-state index contributed by atoms with van der Waals surface area (Å²) in [6.45, 7) is 4.79. The van der Waals surface area contributed by atoms with Crippen LogP contribution in [0.15, 0.2) is 66.7 Å². The van der Waals surface area contributed by atoms with Crippen molar-refractivity contribution in [2.24, 2.45) is 0 Å². The van der Waals surface area contributed by atoms with Crippen molar-refractivity contribution in [1.29, 1.82) is 0 Å². The Morgan fingerprint density at radius 3 is 2.26 bits per heavy atom. The summed E-state index contributed by atoms with van der Waals surface area (Å²) in [4.78, 5) is 14.8. The largest absolute Gasteiger partial charge is 0.308 e. The van der Waals surface area contributed by atoms with Crippen LogP contribution >= 0.6 is 0 Å². The van der Waals surface area contributed by atoms with Crippen LogP contribution in [0.1, 0.15) is 32.6 Å². The Kier molecular flexibility index (Phi) is 5.58. The molecule has 1 amide bonds. The average Bonchev–Trinajstić information content (AvgIpc) is 3.14. The minimum absolute atomic E-state index is 0.0363. The van der Waals surface area contributed by atoms with Gasteiger partial charge in [-0.1, -0.05) is 36.4 Å². The van der Waals surface area contributed by atoms with E-state index in [9.17, 15) is 13.2 Å². The number of amides is 1. The molecule has 160 valence electrons. The summed E-state index contributed by atoms with van der Waals surface area (Å²) in [7, 11) is -3.46. The molecular weight excluding hydrogens is 408 g/mol. The number of hydrogen-bond donors (Lipinski definition) is 0. The number of benzene rings is 3. The SMILES string of the molecule is Cc1cc(C)cc(N(Cc2ccc(C(=O)N3CCc4ccccc43)cc2)S(C)(=O)=O)c1. The zero-order valence-corrected chi connectivity index (χ0v) is 18.8. The summed E-state index contributed by atoms with van der Waals surface area (Å²) in [6, 6.07) is 20.9. The molecule has 5 nitrogen and oxygen atoms in total. The van der Waals surface area contributed by atoms with Crippen molar-refractivity contribution in [3.8, 4) is 0 Å². The van der Waals surface area contributed by atoms with Gasteiger partial charge in [-0.2, -0.15) is 0 Å². The highest BCUT2D eigenvalue weighted by molar-refractivity contribution is 7.92. The molecule has 1 heterocycles. The topological polar surface area (TPSA) is 57.7 Å². The molecule has 0 radical (unpaired) electrons. The molecule has 0 N–H and O–H groups in total. The maximum absolute atomic E-state index is 13.0. The third-order valence-electron chi connectivity index (χ3n) is 5.55. The number of carbonyl (C=O) groups excluding carboxylic acids is 1. The molecule has 0 unspecified atom stereocenters. The van der Waals surface area contributed by atoms with Gasteiger partial charge in [0.15, 0.2) is 0 Å². The molecule has 0 saturated heterocycles. The number of fused-ring (bicyclic) bond motifs is 1. The number of carbonyl (C=O) groups is 1. The fraction of sp³-hybridized carbons (Fsp3) is 0.240. The van der Waals surface area contributed by atoms with E-state index in [0.29, 0.717) is 17.8 Å². The van der Waals surface area contributed by atoms with Crippen molar-refractivity contribution in [1.82, 2.24) is 0 Å². The van der Waals surface area contributed by atoms with E-state index in [-0.39, 0.29) is 12.5 Å². The number of rotatable bonds is 5. The molecule has 0 aliphatic carbocycles.